The van der Waals surface area contributed by atoms with Gasteiger partial charge in [-0.3, -0.25) is 9.59 Å². The summed E-state index contributed by atoms with van der Waals surface area (Å²) in [6.07, 6.45) is 0. The molecule has 0 radical (unpaired) electrons. The van der Waals surface area contributed by atoms with Crippen LogP contribution in [-0.4, -0.2) is 42.5 Å². The summed E-state index contributed by atoms with van der Waals surface area (Å²) in [5, 5.41) is 5.52. The lowest BCUT2D eigenvalue weighted by Crippen LogP contribution is -2.50. The SMILES string of the molecule is NC(=O)CNC(=O)C1CSCCN1. The summed E-state index contributed by atoms with van der Waals surface area (Å²) >= 11 is 1.73. The second kappa shape index (κ2) is 5.08. The number of amides is 2. The first-order valence-corrected chi connectivity index (χ1v) is 5.23. The van der Waals surface area contributed by atoms with E-state index in [-0.39, 0.29) is 18.5 Å². The number of carbonyl (C=O) groups is 2. The maximum Gasteiger partial charge on any atom is 0.238 e. The largest absolute Gasteiger partial charge is 0.368 e. The van der Waals surface area contributed by atoms with Gasteiger partial charge in [-0.2, -0.15) is 11.8 Å². The molecule has 1 aliphatic rings. The van der Waals surface area contributed by atoms with E-state index in [4.69, 9.17) is 5.73 Å². The molecule has 13 heavy (non-hydrogen) atoms. The van der Waals surface area contributed by atoms with Gasteiger partial charge in [0.15, 0.2) is 0 Å². The minimum atomic E-state index is -0.517. The van der Waals surface area contributed by atoms with Gasteiger partial charge >= 0.3 is 0 Å². The summed E-state index contributed by atoms with van der Waals surface area (Å²) in [7, 11) is 0. The van der Waals surface area contributed by atoms with Crippen molar-refractivity contribution in [2.45, 2.75) is 6.04 Å². The van der Waals surface area contributed by atoms with E-state index >= 15 is 0 Å². The van der Waals surface area contributed by atoms with Crippen LogP contribution >= 0.6 is 11.8 Å². The van der Waals surface area contributed by atoms with Crippen molar-refractivity contribution in [2.24, 2.45) is 5.73 Å². The van der Waals surface area contributed by atoms with Crippen molar-refractivity contribution < 1.29 is 9.59 Å². The number of primary amides is 1. The summed E-state index contributed by atoms with van der Waals surface area (Å²) < 4.78 is 0. The highest BCUT2D eigenvalue weighted by atomic mass is 32.2. The van der Waals surface area contributed by atoms with Crippen LogP contribution in [-0.2, 0) is 9.59 Å². The van der Waals surface area contributed by atoms with Gasteiger partial charge in [0.1, 0.15) is 0 Å². The van der Waals surface area contributed by atoms with Gasteiger partial charge in [0.2, 0.25) is 11.8 Å². The van der Waals surface area contributed by atoms with Gasteiger partial charge in [-0.05, 0) is 0 Å². The van der Waals surface area contributed by atoms with Gasteiger partial charge in [-0.15, -0.1) is 0 Å². The molecule has 4 N–H and O–H groups in total. The van der Waals surface area contributed by atoms with Crippen molar-refractivity contribution in [3.05, 3.63) is 0 Å². The third-order valence-corrected chi connectivity index (χ3v) is 2.74. The summed E-state index contributed by atoms with van der Waals surface area (Å²) in [5.74, 6) is 1.12. The maximum absolute atomic E-state index is 11.3. The van der Waals surface area contributed by atoms with E-state index in [1.54, 1.807) is 11.8 Å². The molecule has 1 heterocycles. The molecule has 0 bridgehead atoms. The van der Waals surface area contributed by atoms with E-state index in [9.17, 15) is 9.59 Å². The van der Waals surface area contributed by atoms with Crippen LogP contribution in [0.15, 0.2) is 0 Å². The smallest absolute Gasteiger partial charge is 0.238 e. The minimum Gasteiger partial charge on any atom is -0.368 e. The van der Waals surface area contributed by atoms with Crippen molar-refractivity contribution in [1.82, 2.24) is 10.6 Å². The van der Waals surface area contributed by atoms with Crippen LogP contribution in [0.3, 0.4) is 0 Å². The Morgan fingerprint density at radius 2 is 2.38 bits per heavy atom. The average Bonchev–Trinajstić information content (AvgIpc) is 2.15. The van der Waals surface area contributed by atoms with E-state index in [1.807, 2.05) is 0 Å². The van der Waals surface area contributed by atoms with Crippen LogP contribution < -0.4 is 16.4 Å². The second-order valence-corrected chi connectivity index (χ2v) is 3.92. The van der Waals surface area contributed by atoms with Crippen molar-refractivity contribution >= 4 is 23.6 Å². The zero-order valence-corrected chi connectivity index (χ0v) is 8.02. The maximum atomic E-state index is 11.3. The number of hydrogen-bond acceptors (Lipinski definition) is 4. The highest BCUT2D eigenvalue weighted by Crippen LogP contribution is 2.07. The standard InChI is InChI=1S/C7H13N3O2S/c8-6(11)3-10-7(12)5-4-13-2-1-9-5/h5,9H,1-4H2,(H2,8,11)(H,10,12). The highest BCUT2D eigenvalue weighted by molar-refractivity contribution is 7.99. The average molecular weight is 203 g/mol. The van der Waals surface area contributed by atoms with E-state index in [0.29, 0.717) is 0 Å². The van der Waals surface area contributed by atoms with Gasteiger partial charge in [0.25, 0.3) is 0 Å². The predicted octanol–water partition coefficient (Wildman–Crippen LogP) is -1.71. The molecule has 0 aliphatic carbocycles. The first-order chi connectivity index (χ1) is 6.20. The molecular weight excluding hydrogens is 190 g/mol. The molecule has 1 saturated heterocycles. The fourth-order valence-corrected chi connectivity index (χ4v) is 1.97. The van der Waals surface area contributed by atoms with Crippen LogP contribution in [0.25, 0.3) is 0 Å². The van der Waals surface area contributed by atoms with Gasteiger partial charge in [-0.1, -0.05) is 0 Å². The molecule has 0 saturated carbocycles. The summed E-state index contributed by atoms with van der Waals surface area (Å²) in [4.78, 5) is 21.7. The molecule has 0 aromatic carbocycles. The molecule has 1 fully saturated rings. The zero-order valence-electron chi connectivity index (χ0n) is 7.21. The first kappa shape index (κ1) is 10.3. The molecule has 0 aromatic rings. The van der Waals surface area contributed by atoms with Crippen LogP contribution in [0.2, 0.25) is 0 Å². The van der Waals surface area contributed by atoms with Crippen molar-refractivity contribution in [1.29, 1.82) is 0 Å². The third kappa shape index (κ3) is 3.65. The number of hydrogen-bond donors (Lipinski definition) is 3. The molecule has 0 spiro atoms. The Balaban J connectivity index is 2.25. The molecule has 5 nitrogen and oxygen atoms in total. The Kier molecular flexibility index (Phi) is 4.04. The monoisotopic (exact) mass is 203 g/mol. The lowest BCUT2D eigenvalue weighted by atomic mass is 10.3. The van der Waals surface area contributed by atoms with E-state index in [0.717, 1.165) is 18.1 Å². The zero-order chi connectivity index (χ0) is 9.68. The Bertz CT molecular complexity index is 204. The van der Waals surface area contributed by atoms with Crippen molar-refractivity contribution in [3.63, 3.8) is 0 Å². The summed E-state index contributed by atoms with van der Waals surface area (Å²) in [5.41, 5.74) is 4.89. The van der Waals surface area contributed by atoms with E-state index in [2.05, 4.69) is 10.6 Å². The number of rotatable bonds is 3. The Hall–Kier alpha value is -0.750. The number of nitrogens with one attached hydrogen (secondary N) is 2. The second-order valence-electron chi connectivity index (χ2n) is 2.77. The topological polar surface area (TPSA) is 84.2 Å². The van der Waals surface area contributed by atoms with Crippen molar-refractivity contribution in [3.8, 4) is 0 Å². The normalized spacial score (nSPS) is 22.3. The molecule has 6 heteroatoms. The number of thioether (sulfide) groups is 1. The fourth-order valence-electron chi connectivity index (χ4n) is 1.03. The quantitative estimate of drug-likeness (QED) is 0.510. The Labute approximate surface area is 80.8 Å². The molecule has 2 amide bonds. The number of carbonyl (C=O) groups excluding carboxylic acids is 2. The van der Waals surface area contributed by atoms with Crippen LogP contribution in [0.5, 0.6) is 0 Å². The molecular formula is C7H13N3O2S. The van der Waals surface area contributed by atoms with Crippen LogP contribution in [0, 0.1) is 0 Å². The third-order valence-electron chi connectivity index (χ3n) is 1.67. The summed E-state index contributed by atoms with van der Waals surface area (Å²) in [6, 6.07) is -0.182. The number of nitrogens with two attached hydrogens (primary N) is 1. The van der Waals surface area contributed by atoms with Crippen molar-refractivity contribution in [2.75, 3.05) is 24.6 Å². The fraction of sp³-hybridized carbons (Fsp3) is 0.714. The Morgan fingerprint density at radius 3 is 2.92 bits per heavy atom. The van der Waals surface area contributed by atoms with Gasteiger partial charge < -0.3 is 16.4 Å². The molecule has 0 aromatic heterocycles. The van der Waals surface area contributed by atoms with Gasteiger partial charge in [0, 0.05) is 18.1 Å². The van der Waals surface area contributed by atoms with E-state index in [1.165, 1.54) is 0 Å². The molecule has 1 aliphatic heterocycles. The minimum absolute atomic E-state index is 0.0817. The molecule has 1 unspecified atom stereocenters. The predicted molar refractivity (Wildman–Crippen MR) is 51.3 cm³/mol. The van der Waals surface area contributed by atoms with E-state index < -0.39 is 5.91 Å². The van der Waals surface area contributed by atoms with Crippen LogP contribution in [0.1, 0.15) is 0 Å². The summed E-state index contributed by atoms with van der Waals surface area (Å²) in [6.45, 7) is 0.751. The molecule has 1 atom stereocenters. The first-order valence-electron chi connectivity index (χ1n) is 4.07. The highest BCUT2D eigenvalue weighted by Gasteiger charge is 2.20. The molecule has 74 valence electrons. The lowest BCUT2D eigenvalue weighted by Gasteiger charge is -2.21. The van der Waals surface area contributed by atoms with Gasteiger partial charge in [0.05, 0.1) is 12.6 Å². The lowest BCUT2D eigenvalue weighted by molar-refractivity contribution is -0.125. The van der Waals surface area contributed by atoms with Crippen LogP contribution in [0.4, 0.5) is 0 Å². The Morgan fingerprint density at radius 1 is 1.62 bits per heavy atom. The van der Waals surface area contributed by atoms with Gasteiger partial charge in [-0.25, -0.2) is 0 Å². The molecule has 1 rings (SSSR count).